The van der Waals surface area contributed by atoms with Crippen LogP contribution in [0.15, 0.2) is 18.3 Å². The molecule has 2 saturated heterocycles. The van der Waals surface area contributed by atoms with E-state index in [0.29, 0.717) is 0 Å². The van der Waals surface area contributed by atoms with Gasteiger partial charge in [-0.05, 0) is 37.7 Å². The predicted molar refractivity (Wildman–Crippen MR) is 82.3 cm³/mol. The smallest absolute Gasteiger partial charge is 0.217 e. The number of nitrogens with zero attached hydrogens (tertiary/aromatic N) is 3. The highest BCUT2D eigenvalue weighted by Crippen LogP contribution is 2.37. The summed E-state index contributed by atoms with van der Waals surface area (Å²) in [6, 6.07) is 5.71. The van der Waals surface area contributed by atoms with Gasteiger partial charge in [0.15, 0.2) is 0 Å². The van der Waals surface area contributed by atoms with Gasteiger partial charge < -0.3 is 4.74 Å². The van der Waals surface area contributed by atoms with Crippen molar-refractivity contribution in [1.29, 1.82) is 0 Å². The van der Waals surface area contributed by atoms with Crippen molar-refractivity contribution in [2.45, 2.75) is 44.3 Å². The zero-order valence-electron chi connectivity index (χ0n) is 12.9. The first-order chi connectivity index (χ1) is 10.3. The van der Waals surface area contributed by atoms with E-state index in [4.69, 9.17) is 4.74 Å². The largest absolute Gasteiger partial charge is 0.481 e. The third-order valence-electron chi connectivity index (χ3n) is 5.41. The molecule has 0 unspecified atom stereocenters. The van der Waals surface area contributed by atoms with Crippen molar-refractivity contribution in [1.82, 2.24) is 14.8 Å². The maximum absolute atomic E-state index is 5.40. The van der Waals surface area contributed by atoms with Crippen LogP contribution >= 0.6 is 0 Å². The summed E-state index contributed by atoms with van der Waals surface area (Å²) >= 11 is 0. The maximum Gasteiger partial charge on any atom is 0.217 e. The molecular weight excluding hydrogens is 262 g/mol. The average molecular weight is 287 g/mol. The number of ether oxygens (including phenoxy) is 1. The van der Waals surface area contributed by atoms with Crippen LogP contribution in [0.3, 0.4) is 0 Å². The number of hydrogen-bond donors (Lipinski definition) is 0. The molecule has 4 nitrogen and oxygen atoms in total. The van der Waals surface area contributed by atoms with Gasteiger partial charge in [0.1, 0.15) is 0 Å². The van der Waals surface area contributed by atoms with Crippen LogP contribution < -0.4 is 4.74 Å². The molecule has 0 radical (unpaired) electrons. The van der Waals surface area contributed by atoms with Crippen LogP contribution in [0.4, 0.5) is 0 Å². The fraction of sp³-hybridized carbons (Fsp3) is 0.706. The van der Waals surface area contributed by atoms with E-state index < -0.39 is 0 Å². The van der Waals surface area contributed by atoms with Gasteiger partial charge in [-0.1, -0.05) is 6.07 Å². The Hall–Kier alpha value is -1.13. The molecule has 3 heterocycles. The second kappa shape index (κ2) is 5.58. The summed E-state index contributed by atoms with van der Waals surface area (Å²) in [5, 5.41) is 0. The first kappa shape index (κ1) is 13.5. The molecule has 1 aromatic rings. The first-order valence-corrected chi connectivity index (χ1v) is 8.31. The number of likely N-dealkylation sites (tertiary alicyclic amines) is 2. The Morgan fingerprint density at radius 2 is 1.90 bits per heavy atom. The van der Waals surface area contributed by atoms with Crippen molar-refractivity contribution in [3.8, 4) is 5.88 Å². The normalized spacial score (nSPS) is 29.8. The molecule has 1 saturated carbocycles. The van der Waals surface area contributed by atoms with Gasteiger partial charge in [-0.15, -0.1) is 0 Å². The number of hydrogen-bond acceptors (Lipinski definition) is 4. The van der Waals surface area contributed by atoms with E-state index in [2.05, 4.69) is 20.9 Å². The standard InChI is InChI=1S/C17H25N3O/c1-21-17-14(3-2-8-18-17)12-20-10-7-15-16(20)6-9-19(15)11-13-4-5-13/h2-3,8,13,15-16H,4-7,9-12H2,1H3/t15-,16+/m0/s1. The van der Waals surface area contributed by atoms with Crippen LogP contribution in [0.2, 0.25) is 0 Å². The van der Waals surface area contributed by atoms with Gasteiger partial charge in [0, 0.05) is 50.0 Å². The summed E-state index contributed by atoms with van der Waals surface area (Å²) in [7, 11) is 1.71. The Morgan fingerprint density at radius 3 is 2.67 bits per heavy atom. The van der Waals surface area contributed by atoms with E-state index in [-0.39, 0.29) is 0 Å². The second-order valence-electron chi connectivity index (χ2n) is 6.79. The molecule has 2 atom stereocenters. The molecule has 0 bridgehead atoms. The minimum absolute atomic E-state index is 0.744. The molecule has 4 rings (SSSR count). The SMILES string of the molecule is COc1ncccc1CN1CC[C@H]2[C@H]1CCN2CC1CC1. The van der Waals surface area contributed by atoms with Gasteiger partial charge in [-0.2, -0.15) is 0 Å². The van der Waals surface area contributed by atoms with Crippen LogP contribution in [0, 0.1) is 5.92 Å². The lowest BCUT2D eigenvalue weighted by Crippen LogP contribution is -2.37. The average Bonchev–Trinajstić information content (AvgIpc) is 3.11. The van der Waals surface area contributed by atoms with Crippen molar-refractivity contribution in [3.05, 3.63) is 23.9 Å². The molecular formula is C17H25N3O. The summed E-state index contributed by atoms with van der Waals surface area (Å²) < 4.78 is 5.40. The van der Waals surface area contributed by atoms with Crippen LogP contribution in [0.25, 0.3) is 0 Å². The molecule has 3 fully saturated rings. The zero-order valence-corrected chi connectivity index (χ0v) is 12.9. The summed E-state index contributed by atoms with van der Waals surface area (Å²) in [5.74, 6) is 1.80. The molecule has 0 spiro atoms. The van der Waals surface area contributed by atoms with Gasteiger partial charge in [-0.3, -0.25) is 9.80 Å². The third-order valence-corrected chi connectivity index (χ3v) is 5.41. The molecule has 1 aromatic heterocycles. The van der Waals surface area contributed by atoms with Gasteiger partial charge in [0.05, 0.1) is 7.11 Å². The molecule has 2 aliphatic heterocycles. The van der Waals surface area contributed by atoms with E-state index >= 15 is 0 Å². The van der Waals surface area contributed by atoms with E-state index in [0.717, 1.165) is 30.4 Å². The lowest BCUT2D eigenvalue weighted by atomic mass is 10.1. The van der Waals surface area contributed by atoms with Crippen molar-refractivity contribution in [3.63, 3.8) is 0 Å². The van der Waals surface area contributed by atoms with Crippen LogP contribution in [0.1, 0.15) is 31.2 Å². The van der Waals surface area contributed by atoms with E-state index in [9.17, 15) is 0 Å². The molecule has 114 valence electrons. The summed E-state index contributed by atoms with van der Waals surface area (Å²) in [6.45, 7) is 4.85. The molecule has 0 aromatic carbocycles. The minimum atomic E-state index is 0.744. The lowest BCUT2D eigenvalue weighted by Gasteiger charge is -2.26. The fourth-order valence-electron chi connectivity index (χ4n) is 4.17. The van der Waals surface area contributed by atoms with Crippen molar-refractivity contribution < 1.29 is 4.74 Å². The quantitative estimate of drug-likeness (QED) is 0.829. The Morgan fingerprint density at radius 1 is 1.14 bits per heavy atom. The highest BCUT2D eigenvalue weighted by molar-refractivity contribution is 5.25. The van der Waals surface area contributed by atoms with Gasteiger partial charge in [0.25, 0.3) is 0 Å². The zero-order chi connectivity index (χ0) is 14.2. The van der Waals surface area contributed by atoms with Crippen molar-refractivity contribution in [2.24, 2.45) is 5.92 Å². The van der Waals surface area contributed by atoms with Crippen molar-refractivity contribution in [2.75, 3.05) is 26.7 Å². The van der Waals surface area contributed by atoms with E-state index in [1.807, 2.05) is 12.3 Å². The Labute approximate surface area is 127 Å². The highest BCUT2D eigenvalue weighted by atomic mass is 16.5. The summed E-state index contributed by atoms with van der Waals surface area (Å²) in [5.41, 5.74) is 1.22. The molecule has 0 amide bonds. The number of aromatic nitrogens is 1. The maximum atomic E-state index is 5.40. The number of rotatable bonds is 5. The topological polar surface area (TPSA) is 28.6 Å². The van der Waals surface area contributed by atoms with Crippen LogP contribution in [-0.4, -0.2) is 53.6 Å². The van der Waals surface area contributed by atoms with Gasteiger partial charge in [-0.25, -0.2) is 4.98 Å². The van der Waals surface area contributed by atoms with E-state index in [1.54, 1.807) is 7.11 Å². The number of fused-ring (bicyclic) bond motifs is 1. The molecule has 4 heteroatoms. The molecule has 1 aliphatic carbocycles. The molecule has 0 N–H and O–H groups in total. The predicted octanol–water partition coefficient (Wildman–Crippen LogP) is 2.15. The van der Waals surface area contributed by atoms with E-state index in [1.165, 1.54) is 50.9 Å². The summed E-state index contributed by atoms with van der Waals surface area (Å²) in [6.07, 6.45) is 7.40. The Bertz CT molecular complexity index is 503. The Balaban J connectivity index is 1.43. The first-order valence-electron chi connectivity index (χ1n) is 8.31. The Kier molecular flexibility index (Phi) is 3.59. The minimum Gasteiger partial charge on any atom is -0.481 e. The third kappa shape index (κ3) is 2.67. The monoisotopic (exact) mass is 287 g/mol. The van der Waals surface area contributed by atoms with Gasteiger partial charge in [0.2, 0.25) is 5.88 Å². The van der Waals surface area contributed by atoms with Crippen molar-refractivity contribution >= 4 is 0 Å². The molecule has 21 heavy (non-hydrogen) atoms. The van der Waals surface area contributed by atoms with Crippen LogP contribution in [-0.2, 0) is 6.54 Å². The number of methoxy groups -OCH3 is 1. The fourth-order valence-corrected chi connectivity index (χ4v) is 4.17. The highest BCUT2D eigenvalue weighted by Gasteiger charge is 2.43. The second-order valence-corrected chi connectivity index (χ2v) is 6.79. The molecule has 3 aliphatic rings. The van der Waals surface area contributed by atoms with Crippen LogP contribution in [0.5, 0.6) is 5.88 Å². The summed E-state index contributed by atoms with van der Waals surface area (Å²) in [4.78, 5) is 9.74. The number of pyridine rings is 1. The van der Waals surface area contributed by atoms with Gasteiger partial charge >= 0.3 is 0 Å². The lowest BCUT2D eigenvalue weighted by molar-refractivity contribution is 0.210.